The van der Waals surface area contributed by atoms with Gasteiger partial charge in [0.2, 0.25) is 0 Å². The summed E-state index contributed by atoms with van der Waals surface area (Å²) in [5, 5.41) is 20.4. The van der Waals surface area contributed by atoms with Gasteiger partial charge in [-0.25, -0.2) is 0 Å². The van der Waals surface area contributed by atoms with Crippen LogP contribution in [0.15, 0.2) is 30.3 Å². The molecule has 5 atom stereocenters. The molecule has 1 aromatic rings. The van der Waals surface area contributed by atoms with Gasteiger partial charge in [-0.2, -0.15) is 0 Å². The molecule has 2 N–H and O–H groups in total. The van der Waals surface area contributed by atoms with Crippen LogP contribution in [0, 0.1) is 0 Å². The number of esters is 2. The van der Waals surface area contributed by atoms with Crippen LogP contribution in [0.5, 0.6) is 0 Å². The first-order valence-electron chi connectivity index (χ1n) is 9.98. The number of benzene rings is 1. The van der Waals surface area contributed by atoms with E-state index in [1.165, 1.54) is 0 Å². The van der Waals surface area contributed by atoms with Crippen molar-refractivity contribution in [3.8, 4) is 0 Å². The van der Waals surface area contributed by atoms with Crippen molar-refractivity contribution < 1.29 is 38.7 Å². The van der Waals surface area contributed by atoms with Crippen molar-refractivity contribution in [2.45, 2.75) is 76.8 Å². The number of carbonyl (C=O) groups is 2. The SMILES string of the molecule is CCCC(=O)OC[C@H]1O[C@H](O)[C@H](O)[C@@H](OC(=O)CCC)[C@@H]1OCc1ccccc1. The summed E-state index contributed by atoms with van der Waals surface area (Å²) in [6.07, 6.45) is -4.44. The normalized spacial score (nSPS) is 26.7. The zero-order chi connectivity index (χ0) is 21.2. The van der Waals surface area contributed by atoms with E-state index in [4.69, 9.17) is 18.9 Å². The van der Waals surface area contributed by atoms with E-state index >= 15 is 0 Å². The molecule has 0 aromatic heterocycles. The molecule has 2 rings (SSSR count). The molecule has 1 saturated heterocycles. The van der Waals surface area contributed by atoms with E-state index in [-0.39, 0.29) is 26.1 Å². The Morgan fingerprint density at radius 3 is 2.31 bits per heavy atom. The fourth-order valence-corrected chi connectivity index (χ4v) is 3.01. The highest BCUT2D eigenvalue weighted by Crippen LogP contribution is 2.27. The summed E-state index contributed by atoms with van der Waals surface area (Å²) in [5.41, 5.74) is 0.869. The second-order valence-electron chi connectivity index (χ2n) is 6.95. The van der Waals surface area contributed by atoms with Crippen LogP contribution in [0.1, 0.15) is 45.1 Å². The zero-order valence-electron chi connectivity index (χ0n) is 16.9. The standard InChI is InChI=1S/C21H30O8/c1-3-8-16(22)26-13-15-19(27-12-14-10-6-5-7-11-14)20(18(24)21(25)28-15)29-17(23)9-4-2/h5-7,10-11,15,18-21,24-25H,3-4,8-9,12-13H2,1-2H3/t15-,18-,19-,20-,21+/m1/s1. The van der Waals surface area contributed by atoms with Crippen molar-refractivity contribution in [2.24, 2.45) is 0 Å². The molecular weight excluding hydrogens is 380 g/mol. The van der Waals surface area contributed by atoms with Crippen LogP contribution in [0.25, 0.3) is 0 Å². The number of ether oxygens (including phenoxy) is 4. The summed E-state index contributed by atoms with van der Waals surface area (Å²) in [6, 6.07) is 9.32. The fourth-order valence-electron chi connectivity index (χ4n) is 3.01. The first-order valence-corrected chi connectivity index (χ1v) is 9.98. The molecule has 1 aliphatic rings. The zero-order valence-corrected chi connectivity index (χ0v) is 16.9. The molecule has 1 fully saturated rings. The van der Waals surface area contributed by atoms with Crippen molar-refractivity contribution in [1.29, 1.82) is 0 Å². The van der Waals surface area contributed by atoms with E-state index in [1.54, 1.807) is 0 Å². The van der Waals surface area contributed by atoms with Crippen molar-refractivity contribution >= 4 is 11.9 Å². The van der Waals surface area contributed by atoms with E-state index in [1.807, 2.05) is 44.2 Å². The summed E-state index contributed by atoms with van der Waals surface area (Å²) in [5.74, 6) is -0.918. The molecule has 1 heterocycles. The molecule has 0 bridgehead atoms. The van der Waals surface area contributed by atoms with E-state index in [9.17, 15) is 19.8 Å². The Bertz CT molecular complexity index is 635. The van der Waals surface area contributed by atoms with Gasteiger partial charge in [-0.3, -0.25) is 9.59 Å². The molecule has 0 saturated carbocycles. The van der Waals surface area contributed by atoms with Crippen molar-refractivity contribution in [3.05, 3.63) is 35.9 Å². The summed E-state index contributed by atoms with van der Waals surface area (Å²) in [6.45, 7) is 3.66. The van der Waals surface area contributed by atoms with Crippen LogP contribution >= 0.6 is 0 Å². The molecular formula is C21H30O8. The minimum Gasteiger partial charge on any atom is -0.463 e. The Labute approximate surface area is 170 Å². The molecule has 0 spiro atoms. The molecule has 1 aromatic carbocycles. The number of hydrogen-bond acceptors (Lipinski definition) is 8. The molecule has 1 aliphatic heterocycles. The second kappa shape index (κ2) is 11.9. The number of aliphatic hydroxyl groups excluding tert-OH is 2. The fraction of sp³-hybridized carbons (Fsp3) is 0.619. The van der Waals surface area contributed by atoms with Gasteiger partial charge in [-0.15, -0.1) is 0 Å². The van der Waals surface area contributed by atoms with Gasteiger partial charge in [0.05, 0.1) is 6.61 Å². The van der Waals surface area contributed by atoms with E-state index < -0.39 is 42.6 Å². The third-order valence-electron chi connectivity index (χ3n) is 4.50. The quantitative estimate of drug-likeness (QED) is 0.561. The predicted octanol–water partition coefficient (Wildman–Crippen LogP) is 1.71. The number of carbonyl (C=O) groups excluding carboxylic acids is 2. The first-order chi connectivity index (χ1) is 14.0. The minimum absolute atomic E-state index is 0.166. The van der Waals surface area contributed by atoms with Gasteiger partial charge in [0.15, 0.2) is 12.4 Å². The monoisotopic (exact) mass is 410 g/mol. The third-order valence-corrected chi connectivity index (χ3v) is 4.50. The summed E-state index contributed by atoms with van der Waals surface area (Å²) >= 11 is 0. The maximum absolute atomic E-state index is 12.0. The topological polar surface area (TPSA) is 112 Å². The summed E-state index contributed by atoms with van der Waals surface area (Å²) < 4.78 is 21.9. The van der Waals surface area contributed by atoms with Crippen LogP contribution in [0.3, 0.4) is 0 Å². The largest absolute Gasteiger partial charge is 0.463 e. The van der Waals surface area contributed by atoms with E-state index in [0.717, 1.165) is 5.56 Å². The molecule has 8 heteroatoms. The molecule has 0 aliphatic carbocycles. The Morgan fingerprint density at radius 2 is 1.66 bits per heavy atom. The maximum Gasteiger partial charge on any atom is 0.306 e. The van der Waals surface area contributed by atoms with Gasteiger partial charge in [-0.05, 0) is 18.4 Å². The lowest BCUT2D eigenvalue weighted by molar-refractivity contribution is -0.299. The summed E-state index contributed by atoms with van der Waals surface area (Å²) in [4.78, 5) is 23.8. The van der Waals surface area contributed by atoms with Crippen molar-refractivity contribution in [3.63, 3.8) is 0 Å². The smallest absolute Gasteiger partial charge is 0.306 e. The lowest BCUT2D eigenvalue weighted by Crippen LogP contribution is -2.61. The first kappa shape index (κ1) is 23.3. The molecule has 8 nitrogen and oxygen atoms in total. The Balaban J connectivity index is 2.15. The van der Waals surface area contributed by atoms with Gasteiger partial charge >= 0.3 is 11.9 Å². The van der Waals surface area contributed by atoms with E-state index in [0.29, 0.717) is 12.8 Å². The minimum atomic E-state index is -1.60. The highest BCUT2D eigenvalue weighted by Gasteiger charge is 2.48. The molecule has 162 valence electrons. The van der Waals surface area contributed by atoms with E-state index in [2.05, 4.69) is 0 Å². The van der Waals surface area contributed by atoms with Crippen molar-refractivity contribution in [2.75, 3.05) is 6.61 Å². The van der Waals surface area contributed by atoms with Gasteiger partial charge in [0, 0.05) is 12.8 Å². The Hall–Kier alpha value is -2.00. The molecule has 29 heavy (non-hydrogen) atoms. The molecule has 0 radical (unpaired) electrons. The van der Waals surface area contributed by atoms with Crippen LogP contribution in [-0.4, -0.2) is 59.5 Å². The van der Waals surface area contributed by atoms with Gasteiger partial charge in [0.25, 0.3) is 0 Å². The van der Waals surface area contributed by atoms with Gasteiger partial charge < -0.3 is 29.2 Å². The number of aliphatic hydroxyl groups is 2. The van der Waals surface area contributed by atoms with Gasteiger partial charge in [0.1, 0.15) is 24.9 Å². The van der Waals surface area contributed by atoms with Gasteiger partial charge in [-0.1, -0.05) is 44.2 Å². The number of rotatable bonds is 10. The van der Waals surface area contributed by atoms with Crippen LogP contribution < -0.4 is 0 Å². The third kappa shape index (κ3) is 7.08. The molecule has 0 unspecified atom stereocenters. The van der Waals surface area contributed by atoms with Crippen LogP contribution in [-0.2, 0) is 35.1 Å². The lowest BCUT2D eigenvalue weighted by Gasteiger charge is -2.42. The Morgan fingerprint density at radius 1 is 1.00 bits per heavy atom. The molecule has 0 amide bonds. The average Bonchev–Trinajstić information content (AvgIpc) is 2.70. The highest BCUT2D eigenvalue weighted by molar-refractivity contribution is 5.69. The summed E-state index contributed by atoms with van der Waals surface area (Å²) in [7, 11) is 0. The lowest BCUT2D eigenvalue weighted by atomic mass is 9.98. The Kier molecular flexibility index (Phi) is 9.53. The average molecular weight is 410 g/mol. The predicted molar refractivity (Wildman–Crippen MR) is 103 cm³/mol. The van der Waals surface area contributed by atoms with Crippen LogP contribution in [0.4, 0.5) is 0 Å². The number of hydrogen-bond donors (Lipinski definition) is 2. The maximum atomic E-state index is 12.0. The second-order valence-corrected chi connectivity index (χ2v) is 6.95. The van der Waals surface area contributed by atoms with Crippen molar-refractivity contribution in [1.82, 2.24) is 0 Å². The van der Waals surface area contributed by atoms with Crippen LogP contribution in [0.2, 0.25) is 0 Å². The highest BCUT2D eigenvalue weighted by atomic mass is 16.7.